The summed E-state index contributed by atoms with van der Waals surface area (Å²) in [7, 11) is 0. The zero-order valence-electron chi connectivity index (χ0n) is 14.8. The number of aryl methyl sites for hydroxylation is 2. The van der Waals surface area contributed by atoms with Crippen molar-refractivity contribution in [3.63, 3.8) is 0 Å². The van der Waals surface area contributed by atoms with E-state index in [1.165, 1.54) is 0 Å². The van der Waals surface area contributed by atoms with Gasteiger partial charge in [0.15, 0.2) is 0 Å². The molecular weight excluding hydrogens is 330 g/mol. The molecule has 6 nitrogen and oxygen atoms in total. The molecular formula is C20H21N3O3. The fourth-order valence-corrected chi connectivity index (χ4v) is 3.11. The van der Waals surface area contributed by atoms with Gasteiger partial charge in [-0.25, -0.2) is 4.79 Å². The summed E-state index contributed by atoms with van der Waals surface area (Å²) >= 11 is 0. The fraction of sp³-hybridized carbons (Fsp3) is 0.250. The first-order valence-electron chi connectivity index (χ1n) is 8.46. The van der Waals surface area contributed by atoms with Gasteiger partial charge in [0.05, 0.1) is 0 Å². The fourth-order valence-electron chi connectivity index (χ4n) is 3.11. The minimum absolute atomic E-state index is 0.303. The molecule has 1 unspecified atom stereocenters. The van der Waals surface area contributed by atoms with E-state index in [1.54, 1.807) is 0 Å². The number of carbonyl (C=O) groups excluding carboxylic acids is 3. The molecule has 1 saturated heterocycles. The van der Waals surface area contributed by atoms with Crippen LogP contribution in [0.3, 0.4) is 0 Å². The molecule has 1 aliphatic rings. The van der Waals surface area contributed by atoms with Crippen molar-refractivity contribution in [2.24, 2.45) is 0 Å². The van der Waals surface area contributed by atoms with Gasteiger partial charge in [-0.15, -0.1) is 0 Å². The Hall–Kier alpha value is -3.15. The smallest absolute Gasteiger partial charge is 0.325 e. The van der Waals surface area contributed by atoms with E-state index in [-0.39, 0.29) is 12.5 Å². The van der Waals surface area contributed by atoms with Gasteiger partial charge in [0.2, 0.25) is 5.91 Å². The maximum Gasteiger partial charge on any atom is 0.325 e. The Bertz CT molecular complexity index is 828. The summed E-state index contributed by atoms with van der Waals surface area (Å²) in [5.41, 5.74) is 3.66. The molecule has 3 rings (SSSR count). The van der Waals surface area contributed by atoms with Crippen molar-refractivity contribution >= 4 is 23.5 Å². The molecule has 0 saturated carbocycles. The molecule has 4 amide bonds. The average molecular weight is 351 g/mol. The summed E-state index contributed by atoms with van der Waals surface area (Å²) in [6.07, 6.45) is 0.403. The Morgan fingerprint density at radius 1 is 1.08 bits per heavy atom. The van der Waals surface area contributed by atoms with Crippen LogP contribution in [-0.2, 0) is 16.0 Å². The SMILES string of the molecule is Cc1cc(C)cc(NC(=O)CN2C(=O)NC(Cc3ccccc3)C2=O)c1. The van der Waals surface area contributed by atoms with Gasteiger partial charge in [-0.1, -0.05) is 36.4 Å². The first-order chi connectivity index (χ1) is 12.4. The lowest BCUT2D eigenvalue weighted by molar-refractivity contribution is -0.130. The molecule has 2 aromatic carbocycles. The number of anilines is 1. The van der Waals surface area contributed by atoms with Crippen LogP contribution >= 0.6 is 0 Å². The molecule has 0 radical (unpaired) electrons. The van der Waals surface area contributed by atoms with Crippen LogP contribution in [0.15, 0.2) is 48.5 Å². The summed E-state index contributed by atoms with van der Waals surface area (Å²) < 4.78 is 0. The topological polar surface area (TPSA) is 78.5 Å². The van der Waals surface area contributed by atoms with E-state index >= 15 is 0 Å². The molecule has 0 aromatic heterocycles. The van der Waals surface area contributed by atoms with Crippen molar-refractivity contribution in [3.05, 3.63) is 65.2 Å². The maximum absolute atomic E-state index is 12.5. The first kappa shape index (κ1) is 17.7. The summed E-state index contributed by atoms with van der Waals surface area (Å²) in [6, 6.07) is 14.0. The standard InChI is InChI=1S/C20H21N3O3/c1-13-8-14(2)10-16(9-13)21-18(24)12-23-19(25)17(22-20(23)26)11-15-6-4-3-5-7-15/h3-10,17H,11-12H2,1-2H3,(H,21,24)(H,22,26). The predicted molar refractivity (Wildman–Crippen MR) is 98.7 cm³/mol. The number of rotatable bonds is 5. The lowest BCUT2D eigenvalue weighted by Gasteiger charge is -2.13. The molecule has 2 aromatic rings. The van der Waals surface area contributed by atoms with Crippen LogP contribution in [0.2, 0.25) is 0 Å². The first-order valence-corrected chi connectivity index (χ1v) is 8.46. The van der Waals surface area contributed by atoms with Crippen LogP contribution in [-0.4, -0.2) is 35.3 Å². The summed E-state index contributed by atoms with van der Waals surface area (Å²) in [5, 5.41) is 5.39. The van der Waals surface area contributed by atoms with E-state index < -0.39 is 18.0 Å². The van der Waals surface area contributed by atoms with Crippen LogP contribution in [0.4, 0.5) is 10.5 Å². The van der Waals surface area contributed by atoms with Gasteiger partial charge in [-0.05, 0) is 42.7 Å². The number of nitrogens with zero attached hydrogens (tertiary/aromatic N) is 1. The second-order valence-electron chi connectivity index (χ2n) is 6.54. The highest BCUT2D eigenvalue weighted by Crippen LogP contribution is 2.15. The minimum Gasteiger partial charge on any atom is -0.325 e. The van der Waals surface area contributed by atoms with Gasteiger partial charge in [-0.2, -0.15) is 0 Å². The molecule has 134 valence electrons. The second kappa shape index (κ2) is 7.39. The Morgan fingerprint density at radius 2 is 1.73 bits per heavy atom. The van der Waals surface area contributed by atoms with E-state index in [9.17, 15) is 14.4 Å². The second-order valence-corrected chi connectivity index (χ2v) is 6.54. The Kier molecular flexibility index (Phi) is 5.02. The van der Waals surface area contributed by atoms with Gasteiger partial charge in [0.1, 0.15) is 12.6 Å². The van der Waals surface area contributed by atoms with E-state index in [0.29, 0.717) is 12.1 Å². The van der Waals surface area contributed by atoms with Crippen LogP contribution in [0.1, 0.15) is 16.7 Å². The van der Waals surface area contributed by atoms with Crippen LogP contribution in [0, 0.1) is 13.8 Å². The molecule has 0 spiro atoms. The third-order valence-corrected chi connectivity index (χ3v) is 4.20. The van der Waals surface area contributed by atoms with Crippen molar-refractivity contribution in [3.8, 4) is 0 Å². The molecule has 1 heterocycles. The van der Waals surface area contributed by atoms with Gasteiger partial charge in [0.25, 0.3) is 5.91 Å². The molecule has 1 aliphatic heterocycles. The maximum atomic E-state index is 12.5. The van der Waals surface area contributed by atoms with Gasteiger partial charge >= 0.3 is 6.03 Å². The highest BCUT2D eigenvalue weighted by atomic mass is 16.2. The zero-order chi connectivity index (χ0) is 18.7. The molecule has 0 aliphatic carbocycles. The quantitative estimate of drug-likeness (QED) is 0.812. The number of benzene rings is 2. The Morgan fingerprint density at radius 3 is 2.38 bits per heavy atom. The third kappa shape index (κ3) is 4.08. The van der Waals surface area contributed by atoms with E-state index in [2.05, 4.69) is 10.6 Å². The average Bonchev–Trinajstić information content (AvgIpc) is 2.82. The molecule has 6 heteroatoms. The van der Waals surface area contributed by atoms with Crippen LogP contribution < -0.4 is 10.6 Å². The number of nitrogens with one attached hydrogen (secondary N) is 2. The minimum atomic E-state index is -0.640. The van der Waals surface area contributed by atoms with Crippen LogP contribution in [0.5, 0.6) is 0 Å². The Balaban J connectivity index is 1.63. The summed E-state index contributed by atoms with van der Waals surface area (Å²) in [4.78, 5) is 37.8. The third-order valence-electron chi connectivity index (χ3n) is 4.20. The van der Waals surface area contributed by atoms with Crippen molar-refractivity contribution < 1.29 is 14.4 Å². The largest absolute Gasteiger partial charge is 0.325 e. The molecule has 2 N–H and O–H groups in total. The summed E-state index contributed by atoms with van der Waals surface area (Å²) in [6.45, 7) is 3.57. The van der Waals surface area contributed by atoms with E-state index in [1.807, 2.05) is 62.4 Å². The molecule has 0 bridgehead atoms. The number of hydrogen-bond acceptors (Lipinski definition) is 3. The van der Waals surface area contributed by atoms with E-state index in [4.69, 9.17) is 0 Å². The van der Waals surface area contributed by atoms with Crippen LogP contribution in [0.25, 0.3) is 0 Å². The van der Waals surface area contributed by atoms with E-state index in [0.717, 1.165) is 21.6 Å². The van der Waals surface area contributed by atoms with Crippen molar-refractivity contribution in [1.82, 2.24) is 10.2 Å². The molecule has 26 heavy (non-hydrogen) atoms. The molecule has 1 fully saturated rings. The predicted octanol–water partition coefficient (Wildman–Crippen LogP) is 2.41. The van der Waals surface area contributed by atoms with Crippen molar-refractivity contribution in [2.45, 2.75) is 26.3 Å². The van der Waals surface area contributed by atoms with Crippen molar-refractivity contribution in [2.75, 3.05) is 11.9 Å². The Labute approximate surface area is 152 Å². The number of urea groups is 1. The lowest BCUT2D eigenvalue weighted by atomic mass is 10.1. The zero-order valence-corrected chi connectivity index (χ0v) is 14.8. The number of carbonyl (C=O) groups is 3. The molecule has 1 atom stereocenters. The number of amides is 4. The van der Waals surface area contributed by atoms with Gasteiger partial charge in [0, 0.05) is 12.1 Å². The number of hydrogen-bond donors (Lipinski definition) is 2. The highest BCUT2D eigenvalue weighted by molar-refractivity contribution is 6.08. The highest BCUT2D eigenvalue weighted by Gasteiger charge is 2.38. The number of imide groups is 1. The summed E-state index contributed by atoms with van der Waals surface area (Å²) in [5.74, 6) is -0.784. The van der Waals surface area contributed by atoms with Gasteiger partial charge in [-0.3, -0.25) is 14.5 Å². The normalized spacial score (nSPS) is 16.5. The monoisotopic (exact) mass is 351 g/mol. The van der Waals surface area contributed by atoms with Gasteiger partial charge < -0.3 is 10.6 Å². The van der Waals surface area contributed by atoms with Crippen molar-refractivity contribution in [1.29, 1.82) is 0 Å². The lowest BCUT2D eigenvalue weighted by Crippen LogP contribution is -2.38.